The van der Waals surface area contributed by atoms with Crippen molar-refractivity contribution in [2.45, 2.75) is 12.8 Å². The molecule has 1 aliphatic rings. The van der Waals surface area contributed by atoms with Gasteiger partial charge in [0.1, 0.15) is 5.75 Å². The number of anilines is 2. The number of benzene rings is 1. The van der Waals surface area contributed by atoms with Crippen LogP contribution in [0.4, 0.5) is 11.4 Å². The Kier molecular flexibility index (Phi) is 5.22. The van der Waals surface area contributed by atoms with E-state index in [2.05, 4.69) is 16.9 Å². The van der Waals surface area contributed by atoms with Crippen molar-refractivity contribution in [3.05, 3.63) is 17.2 Å². The quantitative estimate of drug-likeness (QED) is 0.792. The Labute approximate surface area is 122 Å². The molecular weight excluding hydrogens is 284 g/mol. The number of hydrogen-bond donors (Lipinski definition) is 2. The number of thioether (sulfide) groups is 1. The maximum absolute atomic E-state index is 11.2. The second-order valence-electron chi connectivity index (χ2n) is 4.29. The number of carbonyl (C=O) groups excluding carboxylic acids is 1. The molecule has 6 heteroatoms. The third-order valence-electron chi connectivity index (χ3n) is 2.79. The lowest BCUT2D eigenvalue weighted by Crippen LogP contribution is -2.25. The van der Waals surface area contributed by atoms with Crippen LogP contribution < -0.4 is 15.4 Å². The summed E-state index contributed by atoms with van der Waals surface area (Å²) >= 11 is 8.03. The zero-order valence-corrected chi connectivity index (χ0v) is 12.4. The van der Waals surface area contributed by atoms with Crippen LogP contribution in [0.2, 0.25) is 5.02 Å². The van der Waals surface area contributed by atoms with E-state index in [0.717, 1.165) is 18.7 Å². The highest BCUT2D eigenvalue weighted by molar-refractivity contribution is 7.98. The van der Waals surface area contributed by atoms with Gasteiger partial charge in [0.05, 0.1) is 16.4 Å². The summed E-state index contributed by atoms with van der Waals surface area (Å²) in [5, 5.41) is 6.62. The van der Waals surface area contributed by atoms with Crippen LogP contribution in [0.25, 0.3) is 0 Å². The van der Waals surface area contributed by atoms with Crippen LogP contribution in [0.15, 0.2) is 12.1 Å². The van der Waals surface area contributed by atoms with Gasteiger partial charge in [0, 0.05) is 12.6 Å². The molecule has 2 N–H and O–H groups in total. The molecular formula is C13H17ClN2O2S. The van der Waals surface area contributed by atoms with Crippen molar-refractivity contribution in [3.63, 3.8) is 0 Å². The molecule has 19 heavy (non-hydrogen) atoms. The summed E-state index contributed by atoms with van der Waals surface area (Å²) in [5.74, 6) is 1.69. The molecule has 1 amide bonds. The van der Waals surface area contributed by atoms with E-state index in [-0.39, 0.29) is 12.5 Å². The van der Waals surface area contributed by atoms with Crippen molar-refractivity contribution in [2.24, 2.45) is 0 Å². The van der Waals surface area contributed by atoms with Gasteiger partial charge in [-0.15, -0.1) is 0 Å². The summed E-state index contributed by atoms with van der Waals surface area (Å²) in [6.07, 6.45) is 4.40. The molecule has 0 atom stereocenters. The minimum Gasteiger partial charge on any atom is -0.482 e. The lowest BCUT2D eigenvalue weighted by Gasteiger charge is -2.20. The van der Waals surface area contributed by atoms with Gasteiger partial charge in [0.15, 0.2) is 6.61 Å². The van der Waals surface area contributed by atoms with Crippen molar-refractivity contribution in [1.82, 2.24) is 0 Å². The maximum Gasteiger partial charge on any atom is 0.262 e. The van der Waals surface area contributed by atoms with Gasteiger partial charge in [-0.3, -0.25) is 4.79 Å². The van der Waals surface area contributed by atoms with Gasteiger partial charge in [0.2, 0.25) is 0 Å². The first kappa shape index (κ1) is 14.3. The fourth-order valence-corrected chi connectivity index (χ4v) is 2.55. The smallest absolute Gasteiger partial charge is 0.262 e. The first-order chi connectivity index (χ1) is 9.20. The minimum atomic E-state index is -0.152. The van der Waals surface area contributed by atoms with Crippen molar-refractivity contribution in [2.75, 3.05) is 35.8 Å². The average molecular weight is 301 g/mol. The monoisotopic (exact) mass is 300 g/mol. The fraction of sp³-hybridized carbons (Fsp3) is 0.462. The van der Waals surface area contributed by atoms with Crippen LogP contribution in [0.1, 0.15) is 12.8 Å². The zero-order valence-electron chi connectivity index (χ0n) is 10.8. The molecule has 1 heterocycles. The Hall–Kier alpha value is -1.07. The summed E-state index contributed by atoms with van der Waals surface area (Å²) < 4.78 is 5.36. The summed E-state index contributed by atoms with van der Waals surface area (Å²) in [6, 6.07) is 3.56. The molecule has 0 aliphatic carbocycles. The van der Waals surface area contributed by atoms with E-state index in [1.807, 2.05) is 17.8 Å². The number of halogens is 1. The van der Waals surface area contributed by atoms with E-state index in [0.29, 0.717) is 16.5 Å². The Balaban J connectivity index is 1.96. The Morgan fingerprint density at radius 2 is 2.32 bits per heavy atom. The predicted octanol–water partition coefficient (Wildman–Crippen LogP) is 3.23. The number of hydrogen-bond acceptors (Lipinski definition) is 4. The van der Waals surface area contributed by atoms with Crippen LogP contribution in [-0.2, 0) is 4.79 Å². The molecule has 0 unspecified atom stereocenters. The SMILES string of the molecule is CSCCCCNc1cc2c(cc1Cl)NC(=O)CO2. The number of fused-ring (bicyclic) bond motifs is 1. The average Bonchev–Trinajstić information content (AvgIpc) is 2.39. The number of nitrogens with one attached hydrogen (secondary N) is 2. The van der Waals surface area contributed by atoms with Crippen molar-refractivity contribution >= 4 is 40.6 Å². The standard InChI is InChI=1S/C13H17ClN2O2S/c1-19-5-3-2-4-15-10-7-12-11(6-9(10)14)16-13(17)8-18-12/h6-7,15H,2-5,8H2,1H3,(H,16,17). The van der Waals surface area contributed by atoms with E-state index in [1.54, 1.807) is 6.07 Å². The van der Waals surface area contributed by atoms with Gasteiger partial charge < -0.3 is 15.4 Å². The van der Waals surface area contributed by atoms with Crippen molar-refractivity contribution in [3.8, 4) is 5.75 Å². The lowest BCUT2D eigenvalue weighted by molar-refractivity contribution is -0.118. The topological polar surface area (TPSA) is 50.4 Å². The first-order valence-electron chi connectivity index (χ1n) is 6.19. The number of unbranched alkanes of at least 4 members (excludes halogenated alkanes) is 1. The van der Waals surface area contributed by atoms with Gasteiger partial charge in [-0.05, 0) is 30.9 Å². The molecule has 0 spiro atoms. The van der Waals surface area contributed by atoms with Crippen molar-refractivity contribution in [1.29, 1.82) is 0 Å². The van der Waals surface area contributed by atoms with Crippen LogP contribution in [0.3, 0.4) is 0 Å². The molecule has 104 valence electrons. The van der Waals surface area contributed by atoms with E-state index in [4.69, 9.17) is 16.3 Å². The second kappa shape index (κ2) is 6.91. The summed E-state index contributed by atoms with van der Waals surface area (Å²) in [4.78, 5) is 11.2. The number of rotatable bonds is 6. The molecule has 0 saturated carbocycles. The number of carbonyl (C=O) groups is 1. The second-order valence-corrected chi connectivity index (χ2v) is 5.68. The molecule has 2 rings (SSSR count). The molecule has 0 aromatic heterocycles. The fourth-order valence-electron chi connectivity index (χ4n) is 1.83. The molecule has 4 nitrogen and oxygen atoms in total. The van der Waals surface area contributed by atoms with Gasteiger partial charge in [0.25, 0.3) is 5.91 Å². The van der Waals surface area contributed by atoms with Crippen LogP contribution >= 0.6 is 23.4 Å². The maximum atomic E-state index is 11.2. The Morgan fingerprint density at radius 1 is 1.47 bits per heavy atom. The minimum absolute atomic E-state index is 0.0573. The molecule has 0 saturated heterocycles. The van der Waals surface area contributed by atoms with Crippen LogP contribution in [0.5, 0.6) is 5.75 Å². The van der Waals surface area contributed by atoms with Gasteiger partial charge in [-0.1, -0.05) is 11.6 Å². The van der Waals surface area contributed by atoms with Gasteiger partial charge in [-0.25, -0.2) is 0 Å². The molecule has 0 fully saturated rings. The predicted molar refractivity (Wildman–Crippen MR) is 81.7 cm³/mol. The molecule has 0 bridgehead atoms. The molecule has 1 aliphatic heterocycles. The van der Waals surface area contributed by atoms with Crippen LogP contribution in [0, 0.1) is 0 Å². The van der Waals surface area contributed by atoms with E-state index >= 15 is 0 Å². The van der Waals surface area contributed by atoms with Crippen molar-refractivity contribution < 1.29 is 9.53 Å². The number of amides is 1. The Bertz CT molecular complexity index is 468. The third-order valence-corrected chi connectivity index (χ3v) is 3.80. The van der Waals surface area contributed by atoms with E-state index in [1.165, 1.54) is 12.2 Å². The highest BCUT2D eigenvalue weighted by Gasteiger charge is 2.17. The highest BCUT2D eigenvalue weighted by atomic mass is 35.5. The lowest BCUT2D eigenvalue weighted by atomic mass is 10.2. The summed E-state index contributed by atoms with van der Waals surface area (Å²) in [7, 11) is 0. The molecule has 0 radical (unpaired) electrons. The molecule has 1 aromatic rings. The van der Waals surface area contributed by atoms with E-state index in [9.17, 15) is 4.79 Å². The summed E-state index contributed by atoms with van der Waals surface area (Å²) in [5.41, 5.74) is 1.48. The van der Waals surface area contributed by atoms with E-state index < -0.39 is 0 Å². The number of ether oxygens (including phenoxy) is 1. The van der Waals surface area contributed by atoms with Crippen LogP contribution in [-0.4, -0.2) is 31.1 Å². The normalized spacial score (nSPS) is 13.5. The largest absolute Gasteiger partial charge is 0.482 e. The van der Waals surface area contributed by atoms with Gasteiger partial charge in [-0.2, -0.15) is 11.8 Å². The van der Waals surface area contributed by atoms with Gasteiger partial charge >= 0.3 is 0 Å². The third kappa shape index (κ3) is 3.94. The first-order valence-corrected chi connectivity index (χ1v) is 7.97. The highest BCUT2D eigenvalue weighted by Crippen LogP contribution is 2.36. The Morgan fingerprint density at radius 3 is 3.11 bits per heavy atom. The summed E-state index contributed by atoms with van der Waals surface area (Å²) in [6.45, 7) is 0.938. The molecule has 1 aromatic carbocycles. The zero-order chi connectivity index (χ0) is 13.7.